The highest BCUT2D eigenvalue weighted by molar-refractivity contribution is 5.90. The number of nitrogens with zero attached hydrogens (tertiary/aromatic N) is 3. The van der Waals surface area contributed by atoms with E-state index in [1.165, 1.54) is 19.4 Å². The molecule has 1 heterocycles. The van der Waals surface area contributed by atoms with Gasteiger partial charge in [-0.3, -0.25) is 4.79 Å². The van der Waals surface area contributed by atoms with Crippen molar-refractivity contribution in [2.45, 2.75) is 6.54 Å². The predicted molar refractivity (Wildman–Crippen MR) is 93.3 cm³/mol. The third-order valence-electron chi connectivity index (χ3n) is 3.66. The molecule has 2 aromatic carbocycles. The van der Waals surface area contributed by atoms with Gasteiger partial charge in [0.25, 0.3) is 0 Å². The maximum Gasteiger partial charge on any atom is 0.365 e. The summed E-state index contributed by atoms with van der Waals surface area (Å²) >= 11 is 0. The van der Waals surface area contributed by atoms with E-state index in [2.05, 4.69) is 15.4 Å². The van der Waals surface area contributed by atoms with Gasteiger partial charge in [-0.2, -0.15) is 10.1 Å². The molecule has 1 amide bonds. The van der Waals surface area contributed by atoms with Crippen molar-refractivity contribution in [3.63, 3.8) is 0 Å². The SMILES string of the molecule is COc1ccc(-c2cnn(CC(=O)Nc3c(F)cccc3F)c(=O)n2)cc1. The number of halogens is 2. The fourth-order valence-electron chi connectivity index (χ4n) is 2.30. The number of carbonyl (C=O) groups is 1. The number of benzene rings is 2. The Morgan fingerprint density at radius 3 is 2.41 bits per heavy atom. The van der Waals surface area contributed by atoms with Gasteiger partial charge in [0.05, 0.1) is 19.0 Å². The van der Waals surface area contributed by atoms with Crippen LogP contribution in [0.3, 0.4) is 0 Å². The van der Waals surface area contributed by atoms with E-state index in [1.807, 2.05) is 0 Å². The van der Waals surface area contributed by atoms with Crippen LogP contribution in [0.25, 0.3) is 11.3 Å². The summed E-state index contributed by atoms with van der Waals surface area (Å²) in [6.45, 7) is -0.539. The molecule has 0 fully saturated rings. The zero-order valence-corrected chi connectivity index (χ0v) is 14.1. The summed E-state index contributed by atoms with van der Waals surface area (Å²) in [5.74, 6) is -2.00. The Morgan fingerprint density at radius 2 is 1.81 bits per heavy atom. The molecule has 138 valence electrons. The second kappa shape index (κ2) is 7.73. The van der Waals surface area contributed by atoms with E-state index in [0.717, 1.165) is 16.8 Å². The smallest absolute Gasteiger partial charge is 0.365 e. The van der Waals surface area contributed by atoms with Crippen molar-refractivity contribution in [1.29, 1.82) is 0 Å². The van der Waals surface area contributed by atoms with Gasteiger partial charge >= 0.3 is 5.69 Å². The van der Waals surface area contributed by atoms with E-state index in [1.54, 1.807) is 24.3 Å². The van der Waals surface area contributed by atoms with Gasteiger partial charge in [-0.1, -0.05) is 6.07 Å². The fourth-order valence-corrected chi connectivity index (χ4v) is 2.30. The quantitative estimate of drug-likeness (QED) is 0.742. The predicted octanol–water partition coefficient (Wildman–Crippen LogP) is 2.23. The lowest BCUT2D eigenvalue weighted by atomic mass is 10.1. The normalized spacial score (nSPS) is 10.5. The van der Waals surface area contributed by atoms with Gasteiger partial charge in [-0.25, -0.2) is 18.3 Å². The number of ether oxygens (including phenoxy) is 1. The number of rotatable bonds is 5. The van der Waals surface area contributed by atoms with Crippen molar-refractivity contribution in [1.82, 2.24) is 14.8 Å². The van der Waals surface area contributed by atoms with E-state index in [9.17, 15) is 18.4 Å². The number of nitrogens with one attached hydrogen (secondary N) is 1. The molecule has 1 N–H and O–H groups in total. The first-order valence-corrected chi connectivity index (χ1v) is 7.80. The number of carbonyl (C=O) groups excluding carboxylic acids is 1. The average Bonchev–Trinajstić information content (AvgIpc) is 2.66. The van der Waals surface area contributed by atoms with Gasteiger partial charge in [-0.15, -0.1) is 0 Å². The maximum absolute atomic E-state index is 13.6. The molecule has 0 bridgehead atoms. The zero-order valence-electron chi connectivity index (χ0n) is 14.1. The molecule has 27 heavy (non-hydrogen) atoms. The van der Waals surface area contributed by atoms with E-state index in [0.29, 0.717) is 17.0 Å². The average molecular weight is 372 g/mol. The minimum atomic E-state index is -0.920. The largest absolute Gasteiger partial charge is 0.497 e. The van der Waals surface area contributed by atoms with Crippen LogP contribution in [0.2, 0.25) is 0 Å². The molecular formula is C18H14F2N4O3. The standard InChI is InChI=1S/C18H14F2N4O3/c1-27-12-7-5-11(6-8-12)15-9-21-24(18(26)22-15)10-16(25)23-17-13(19)3-2-4-14(17)20/h2-9H,10H2,1H3,(H,23,25). The van der Waals surface area contributed by atoms with Crippen LogP contribution in [0.1, 0.15) is 0 Å². The molecule has 0 spiro atoms. The summed E-state index contributed by atoms with van der Waals surface area (Å²) in [7, 11) is 1.54. The summed E-state index contributed by atoms with van der Waals surface area (Å²) in [5.41, 5.74) is -0.393. The van der Waals surface area contributed by atoms with Gasteiger partial charge in [-0.05, 0) is 36.4 Å². The van der Waals surface area contributed by atoms with Crippen LogP contribution >= 0.6 is 0 Å². The van der Waals surface area contributed by atoms with Gasteiger partial charge in [0, 0.05) is 5.56 Å². The Balaban J connectivity index is 1.76. The summed E-state index contributed by atoms with van der Waals surface area (Å²) in [4.78, 5) is 27.9. The molecule has 0 atom stereocenters. The Hall–Kier alpha value is -3.62. The van der Waals surface area contributed by atoms with Crippen molar-refractivity contribution in [2.75, 3.05) is 12.4 Å². The lowest BCUT2D eigenvalue weighted by molar-refractivity contribution is -0.117. The van der Waals surface area contributed by atoms with Gasteiger partial charge in [0.15, 0.2) is 0 Å². The van der Waals surface area contributed by atoms with Crippen LogP contribution in [0.15, 0.2) is 53.5 Å². The first kappa shape index (κ1) is 18.2. The summed E-state index contributed by atoms with van der Waals surface area (Å²) < 4.78 is 33.0. The molecule has 0 aliphatic rings. The van der Waals surface area contributed by atoms with Gasteiger partial charge in [0.2, 0.25) is 5.91 Å². The van der Waals surface area contributed by atoms with Crippen LogP contribution in [0.4, 0.5) is 14.5 Å². The zero-order chi connectivity index (χ0) is 19.4. The van der Waals surface area contributed by atoms with Crippen molar-refractivity contribution >= 4 is 11.6 Å². The Kier molecular flexibility index (Phi) is 5.20. The molecular weight excluding hydrogens is 358 g/mol. The molecule has 9 heteroatoms. The summed E-state index contributed by atoms with van der Waals surface area (Å²) in [5, 5.41) is 5.97. The molecule has 0 saturated heterocycles. The molecule has 0 unspecified atom stereocenters. The lowest BCUT2D eigenvalue weighted by Gasteiger charge is -2.08. The molecule has 3 aromatic rings. The number of hydrogen-bond acceptors (Lipinski definition) is 5. The third-order valence-corrected chi connectivity index (χ3v) is 3.66. The number of hydrogen-bond donors (Lipinski definition) is 1. The molecule has 1 aromatic heterocycles. The van der Waals surface area contributed by atoms with Crippen LogP contribution in [-0.4, -0.2) is 27.8 Å². The monoisotopic (exact) mass is 372 g/mol. The minimum absolute atomic E-state index is 0.319. The highest BCUT2D eigenvalue weighted by atomic mass is 19.1. The highest BCUT2D eigenvalue weighted by Gasteiger charge is 2.14. The molecule has 0 radical (unpaired) electrons. The van der Waals surface area contributed by atoms with Crippen molar-refractivity contribution in [2.24, 2.45) is 0 Å². The first-order chi connectivity index (χ1) is 13.0. The Bertz CT molecular complexity index is 1020. The van der Waals surface area contributed by atoms with Gasteiger partial charge < -0.3 is 10.1 Å². The minimum Gasteiger partial charge on any atom is -0.497 e. The molecule has 0 aliphatic carbocycles. The van der Waals surface area contributed by atoms with E-state index in [-0.39, 0.29) is 0 Å². The van der Waals surface area contributed by atoms with Crippen LogP contribution < -0.4 is 15.7 Å². The Morgan fingerprint density at radius 1 is 1.15 bits per heavy atom. The number of anilines is 1. The maximum atomic E-state index is 13.6. The fraction of sp³-hybridized carbons (Fsp3) is 0.111. The summed E-state index contributed by atoms with van der Waals surface area (Å²) in [6.07, 6.45) is 1.32. The van der Waals surface area contributed by atoms with Crippen molar-refractivity contribution in [3.8, 4) is 17.0 Å². The van der Waals surface area contributed by atoms with Crippen LogP contribution in [-0.2, 0) is 11.3 Å². The van der Waals surface area contributed by atoms with Gasteiger partial charge in [0.1, 0.15) is 29.6 Å². The second-order valence-corrected chi connectivity index (χ2v) is 5.46. The van der Waals surface area contributed by atoms with Crippen molar-refractivity contribution < 1.29 is 18.3 Å². The summed E-state index contributed by atoms with van der Waals surface area (Å²) in [6, 6.07) is 10.0. The number of aromatic nitrogens is 3. The molecule has 0 saturated carbocycles. The van der Waals surface area contributed by atoms with Crippen molar-refractivity contribution in [3.05, 3.63) is 70.8 Å². The lowest BCUT2D eigenvalue weighted by Crippen LogP contribution is -2.31. The third kappa shape index (κ3) is 4.14. The topological polar surface area (TPSA) is 86.1 Å². The van der Waals surface area contributed by atoms with Crippen LogP contribution in [0, 0.1) is 11.6 Å². The van der Waals surface area contributed by atoms with E-state index >= 15 is 0 Å². The number of amides is 1. The second-order valence-electron chi connectivity index (χ2n) is 5.46. The first-order valence-electron chi connectivity index (χ1n) is 7.80. The van der Waals surface area contributed by atoms with E-state index in [4.69, 9.17) is 4.74 Å². The Labute approximate surface area is 152 Å². The van der Waals surface area contributed by atoms with Crippen LogP contribution in [0.5, 0.6) is 5.75 Å². The molecule has 7 nitrogen and oxygen atoms in total. The number of methoxy groups -OCH3 is 1. The van der Waals surface area contributed by atoms with E-state index < -0.39 is 35.5 Å². The number of para-hydroxylation sites is 1. The molecule has 3 rings (SSSR count). The highest BCUT2D eigenvalue weighted by Crippen LogP contribution is 2.19. The molecule has 0 aliphatic heterocycles.